The Bertz CT molecular complexity index is 664. The van der Waals surface area contributed by atoms with Crippen LogP contribution in [0.15, 0.2) is 30.3 Å². The third-order valence-corrected chi connectivity index (χ3v) is 5.49. The van der Waals surface area contributed by atoms with Crippen LogP contribution < -0.4 is 10.6 Å². The van der Waals surface area contributed by atoms with Crippen molar-refractivity contribution in [3.63, 3.8) is 0 Å². The number of hydrogen-bond donors (Lipinski definition) is 2. The number of nitrogens with one attached hydrogen (secondary N) is 2. The lowest BCUT2D eigenvalue weighted by molar-refractivity contribution is -0.126. The van der Waals surface area contributed by atoms with E-state index in [1.165, 1.54) is 4.88 Å². The van der Waals surface area contributed by atoms with Crippen LogP contribution in [-0.2, 0) is 11.2 Å². The molecule has 0 saturated carbocycles. The summed E-state index contributed by atoms with van der Waals surface area (Å²) in [6, 6.07) is 10.2. The number of hydrogen-bond acceptors (Lipinski definition) is 4. The first-order valence-electron chi connectivity index (χ1n) is 8.15. The number of carbonyl (C=O) groups is 1. The summed E-state index contributed by atoms with van der Waals surface area (Å²) in [5.74, 6) is 0.740. The van der Waals surface area contributed by atoms with E-state index in [0.29, 0.717) is 12.5 Å². The number of thiazole rings is 1. The van der Waals surface area contributed by atoms with Crippen molar-refractivity contribution in [3.05, 3.63) is 40.2 Å². The van der Waals surface area contributed by atoms with Crippen LogP contribution in [0.1, 0.15) is 16.8 Å². The highest BCUT2D eigenvalue weighted by atomic mass is 32.1. The van der Waals surface area contributed by atoms with Gasteiger partial charge in [0, 0.05) is 29.3 Å². The molecule has 5 heteroatoms. The van der Waals surface area contributed by atoms with E-state index in [2.05, 4.69) is 29.7 Å². The van der Waals surface area contributed by atoms with E-state index in [1.54, 1.807) is 11.3 Å². The van der Waals surface area contributed by atoms with Crippen molar-refractivity contribution in [1.29, 1.82) is 0 Å². The molecular formula is C18H23N3OS. The van der Waals surface area contributed by atoms with E-state index in [0.717, 1.165) is 35.8 Å². The van der Waals surface area contributed by atoms with Crippen LogP contribution in [0, 0.1) is 18.8 Å². The molecule has 3 rings (SSSR count). The van der Waals surface area contributed by atoms with Gasteiger partial charge in [-0.25, -0.2) is 4.98 Å². The Balaban J connectivity index is 1.54. The van der Waals surface area contributed by atoms with Gasteiger partial charge in [-0.1, -0.05) is 37.3 Å². The lowest BCUT2D eigenvalue weighted by Crippen LogP contribution is -2.49. The van der Waals surface area contributed by atoms with E-state index in [-0.39, 0.29) is 11.8 Å². The van der Waals surface area contributed by atoms with E-state index in [1.807, 2.05) is 25.1 Å². The molecule has 0 radical (unpaired) electrons. The fourth-order valence-electron chi connectivity index (χ4n) is 2.75. The number of amides is 1. The molecule has 1 amide bonds. The molecule has 1 unspecified atom stereocenters. The van der Waals surface area contributed by atoms with Crippen molar-refractivity contribution in [2.45, 2.75) is 20.3 Å². The van der Waals surface area contributed by atoms with E-state index in [9.17, 15) is 4.79 Å². The fourth-order valence-corrected chi connectivity index (χ4v) is 3.71. The molecule has 0 spiro atoms. The third kappa shape index (κ3) is 3.79. The molecule has 1 aliphatic heterocycles. The second-order valence-electron chi connectivity index (χ2n) is 6.13. The summed E-state index contributed by atoms with van der Waals surface area (Å²) in [7, 11) is 0. The summed E-state index contributed by atoms with van der Waals surface area (Å²) in [5, 5.41) is 7.35. The monoisotopic (exact) mass is 329 g/mol. The third-order valence-electron chi connectivity index (χ3n) is 4.46. The quantitative estimate of drug-likeness (QED) is 0.856. The van der Waals surface area contributed by atoms with Crippen LogP contribution in [0.25, 0.3) is 11.3 Å². The fraction of sp³-hybridized carbons (Fsp3) is 0.444. The molecule has 2 N–H and O–H groups in total. The highest BCUT2D eigenvalue weighted by Crippen LogP contribution is 2.27. The average molecular weight is 329 g/mol. The topological polar surface area (TPSA) is 54.0 Å². The van der Waals surface area contributed by atoms with Gasteiger partial charge in [0.25, 0.3) is 0 Å². The van der Waals surface area contributed by atoms with Crippen LogP contribution in [0.5, 0.6) is 0 Å². The van der Waals surface area contributed by atoms with Crippen LogP contribution in [0.3, 0.4) is 0 Å². The molecule has 1 fully saturated rings. The minimum atomic E-state index is 0.0918. The molecule has 1 atom stereocenters. The first kappa shape index (κ1) is 16.1. The van der Waals surface area contributed by atoms with Gasteiger partial charge in [-0.3, -0.25) is 4.79 Å². The minimum absolute atomic E-state index is 0.0918. The highest BCUT2D eigenvalue weighted by Gasteiger charge is 2.28. The molecule has 1 aliphatic rings. The van der Waals surface area contributed by atoms with Crippen molar-refractivity contribution in [2.24, 2.45) is 11.8 Å². The van der Waals surface area contributed by atoms with Gasteiger partial charge in [-0.15, -0.1) is 11.3 Å². The maximum Gasteiger partial charge on any atom is 0.223 e. The Hall–Kier alpha value is -1.72. The smallest absolute Gasteiger partial charge is 0.223 e. The summed E-state index contributed by atoms with van der Waals surface area (Å²) in [6.07, 6.45) is 0.791. The molecule has 1 saturated heterocycles. The van der Waals surface area contributed by atoms with E-state index < -0.39 is 0 Å². The molecule has 1 aromatic carbocycles. The van der Waals surface area contributed by atoms with Crippen LogP contribution >= 0.6 is 11.3 Å². The summed E-state index contributed by atoms with van der Waals surface area (Å²) in [4.78, 5) is 18.1. The van der Waals surface area contributed by atoms with Crippen molar-refractivity contribution >= 4 is 17.2 Å². The van der Waals surface area contributed by atoms with Gasteiger partial charge in [0.15, 0.2) is 0 Å². The number of rotatable bonds is 6. The zero-order valence-electron chi connectivity index (χ0n) is 13.6. The predicted octanol–water partition coefficient (Wildman–Crippen LogP) is 2.63. The molecule has 4 nitrogen and oxygen atoms in total. The Morgan fingerprint density at radius 3 is 2.78 bits per heavy atom. The normalized spacial score (nSPS) is 15.9. The first-order chi connectivity index (χ1) is 11.1. The zero-order valence-corrected chi connectivity index (χ0v) is 14.5. The van der Waals surface area contributed by atoms with Gasteiger partial charge in [-0.05, 0) is 25.9 Å². The van der Waals surface area contributed by atoms with Crippen molar-refractivity contribution in [2.75, 3.05) is 19.6 Å². The number of nitrogens with zero attached hydrogens (tertiary/aromatic N) is 1. The molecule has 0 aliphatic carbocycles. The number of aryl methyl sites for hydroxylation is 1. The highest BCUT2D eigenvalue weighted by molar-refractivity contribution is 7.12. The SMILES string of the molecule is Cc1sc(CCNC(=O)C(C)C2CNC2)nc1-c1ccccc1. The van der Waals surface area contributed by atoms with Gasteiger partial charge in [0.1, 0.15) is 0 Å². The van der Waals surface area contributed by atoms with Gasteiger partial charge in [0.05, 0.1) is 10.7 Å². The Kier molecular flexibility index (Phi) is 5.08. The standard InChI is InChI=1S/C18H23N3OS/c1-12(15-10-19-11-15)18(22)20-9-8-16-21-17(13(2)23-16)14-6-4-3-5-7-14/h3-7,12,15,19H,8-11H2,1-2H3,(H,20,22). The molecule has 2 aromatic rings. The summed E-state index contributed by atoms with van der Waals surface area (Å²) < 4.78 is 0. The van der Waals surface area contributed by atoms with Crippen molar-refractivity contribution in [3.8, 4) is 11.3 Å². The van der Waals surface area contributed by atoms with Crippen LogP contribution in [0.2, 0.25) is 0 Å². The van der Waals surface area contributed by atoms with Crippen molar-refractivity contribution < 1.29 is 4.79 Å². The second-order valence-corrected chi connectivity index (χ2v) is 7.41. The summed E-state index contributed by atoms with van der Waals surface area (Å²) >= 11 is 1.72. The lowest BCUT2D eigenvalue weighted by atomic mass is 9.88. The molecule has 2 heterocycles. The lowest BCUT2D eigenvalue weighted by Gasteiger charge is -2.31. The van der Waals surface area contributed by atoms with E-state index in [4.69, 9.17) is 4.98 Å². The number of carbonyl (C=O) groups excluding carboxylic acids is 1. The largest absolute Gasteiger partial charge is 0.355 e. The maximum atomic E-state index is 12.1. The van der Waals surface area contributed by atoms with Crippen molar-refractivity contribution in [1.82, 2.24) is 15.6 Å². The van der Waals surface area contributed by atoms with Gasteiger partial charge in [-0.2, -0.15) is 0 Å². The average Bonchev–Trinajstić information content (AvgIpc) is 2.87. The van der Waals surface area contributed by atoms with Gasteiger partial charge in [0.2, 0.25) is 5.91 Å². The summed E-state index contributed by atoms with van der Waals surface area (Å²) in [6.45, 7) is 6.70. The molecule has 122 valence electrons. The first-order valence-corrected chi connectivity index (χ1v) is 8.97. The number of benzene rings is 1. The second kappa shape index (κ2) is 7.23. The van der Waals surface area contributed by atoms with Gasteiger partial charge >= 0.3 is 0 Å². The van der Waals surface area contributed by atoms with Gasteiger partial charge < -0.3 is 10.6 Å². The molecular weight excluding hydrogens is 306 g/mol. The Morgan fingerprint density at radius 1 is 1.39 bits per heavy atom. The minimum Gasteiger partial charge on any atom is -0.355 e. The van der Waals surface area contributed by atoms with Crippen LogP contribution in [-0.4, -0.2) is 30.5 Å². The number of aromatic nitrogens is 1. The summed E-state index contributed by atoms with van der Waals surface area (Å²) in [5.41, 5.74) is 2.22. The maximum absolute atomic E-state index is 12.1. The zero-order chi connectivity index (χ0) is 16.2. The van der Waals surface area contributed by atoms with E-state index >= 15 is 0 Å². The molecule has 23 heavy (non-hydrogen) atoms. The Labute approximate surface area is 141 Å². The van der Waals surface area contributed by atoms with Crippen LogP contribution in [0.4, 0.5) is 0 Å². The molecule has 0 bridgehead atoms. The predicted molar refractivity (Wildman–Crippen MR) is 94.5 cm³/mol. The Morgan fingerprint density at radius 2 is 2.13 bits per heavy atom. The molecule has 1 aromatic heterocycles.